The molecule has 1 aliphatic rings. The molecule has 0 atom stereocenters. The summed E-state index contributed by atoms with van der Waals surface area (Å²) < 4.78 is 0. The van der Waals surface area contributed by atoms with Crippen LogP contribution >= 0.6 is 0 Å². The van der Waals surface area contributed by atoms with Gasteiger partial charge in [-0.25, -0.2) is 4.79 Å². The van der Waals surface area contributed by atoms with E-state index >= 15 is 0 Å². The lowest BCUT2D eigenvalue weighted by atomic mass is 10.0. The SMILES string of the molecule is O=C(O)C1=CC=CC(=NO)C1. The second-order valence-electron chi connectivity index (χ2n) is 2.12. The van der Waals surface area contributed by atoms with Crippen molar-refractivity contribution in [1.29, 1.82) is 0 Å². The first-order valence-electron chi connectivity index (χ1n) is 3.05. The number of nitrogens with zero attached hydrogens (tertiary/aromatic N) is 1. The molecular formula is C7H7NO3. The highest BCUT2D eigenvalue weighted by Crippen LogP contribution is 2.09. The van der Waals surface area contributed by atoms with Crippen LogP contribution in [0.15, 0.2) is 29.0 Å². The zero-order valence-corrected chi connectivity index (χ0v) is 5.69. The number of carboxylic acids is 1. The van der Waals surface area contributed by atoms with Gasteiger partial charge in [0, 0.05) is 12.0 Å². The Bertz CT molecular complexity index is 263. The Morgan fingerprint density at radius 1 is 1.64 bits per heavy atom. The van der Waals surface area contributed by atoms with Crippen LogP contribution in [0, 0.1) is 0 Å². The highest BCUT2D eigenvalue weighted by atomic mass is 16.4. The van der Waals surface area contributed by atoms with Gasteiger partial charge in [0.15, 0.2) is 0 Å². The molecule has 1 rings (SSSR count). The van der Waals surface area contributed by atoms with Crippen molar-refractivity contribution in [2.24, 2.45) is 5.16 Å². The van der Waals surface area contributed by atoms with Gasteiger partial charge in [-0.05, 0) is 6.08 Å². The van der Waals surface area contributed by atoms with Crippen LogP contribution in [-0.4, -0.2) is 22.0 Å². The Morgan fingerprint density at radius 3 is 2.91 bits per heavy atom. The van der Waals surface area contributed by atoms with E-state index in [2.05, 4.69) is 5.16 Å². The molecule has 0 unspecified atom stereocenters. The molecule has 11 heavy (non-hydrogen) atoms. The maximum Gasteiger partial charge on any atom is 0.331 e. The van der Waals surface area contributed by atoms with Crippen LogP contribution in [0.2, 0.25) is 0 Å². The van der Waals surface area contributed by atoms with Gasteiger partial charge < -0.3 is 10.3 Å². The molecule has 2 N–H and O–H groups in total. The van der Waals surface area contributed by atoms with Gasteiger partial charge in [-0.3, -0.25) is 0 Å². The third-order valence-electron chi connectivity index (χ3n) is 1.36. The third-order valence-corrected chi connectivity index (χ3v) is 1.36. The highest BCUT2D eigenvalue weighted by Gasteiger charge is 2.11. The van der Waals surface area contributed by atoms with E-state index in [1.807, 2.05) is 0 Å². The summed E-state index contributed by atoms with van der Waals surface area (Å²) in [6, 6.07) is 0. The van der Waals surface area contributed by atoms with Crippen LogP contribution in [0.3, 0.4) is 0 Å². The lowest BCUT2D eigenvalue weighted by Crippen LogP contribution is -2.08. The predicted octanol–water partition coefficient (Wildman–Crippen LogP) is 0.788. The van der Waals surface area contributed by atoms with E-state index in [1.165, 1.54) is 6.08 Å². The summed E-state index contributed by atoms with van der Waals surface area (Å²) in [5.74, 6) is -0.976. The lowest BCUT2D eigenvalue weighted by Gasteiger charge is -2.03. The fraction of sp³-hybridized carbons (Fsp3) is 0.143. The van der Waals surface area contributed by atoms with E-state index in [1.54, 1.807) is 12.2 Å². The van der Waals surface area contributed by atoms with Crippen LogP contribution < -0.4 is 0 Å². The van der Waals surface area contributed by atoms with Crippen molar-refractivity contribution in [2.75, 3.05) is 0 Å². The van der Waals surface area contributed by atoms with E-state index < -0.39 is 5.97 Å². The van der Waals surface area contributed by atoms with Crippen LogP contribution in [0.4, 0.5) is 0 Å². The first-order chi connectivity index (χ1) is 5.24. The van der Waals surface area contributed by atoms with Crippen LogP contribution in [0.25, 0.3) is 0 Å². The third kappa shape index (κ3) is 1.67. The van der Waals surface area contributed by atoms with Gasteiger partial charge in [-0.15, -0.1) is 0 Å². The number of oxime groups is 1. The quantitative estimate of drug-likeness (QED) is 0.432. The van der Waals surface area contributed by atoms with Gasteiger partial charge in [-0.1, -0.05) is 17.3 Å². The van der Waals surface area contributed by atoms with Gasteiger partial charge in [0.2, 0.25) is 0 Å². The van der Waals surface area contributed by atoms with Crippen LogP contribution in [-0.2, 0) is 4.79 Å². The summed E-state index contributed by atoms with van der Waals surface area (Å²) in [5.41, 5.74) is 0.602. The number of hydrogen-bond acceptors (Lipinski definition) is 3. The molecule has 0 bridgehead atoms. The summed E-state index contributed by atoms with van der Waals surface area (Å²) in [5, 5.41) is 19.7. The molecular weight excluding hydrogens is 146 g/mol. The average molecular weight is 153 g/mol. The van der Waals surface area contributed by atoms with Crippen molar-refractivity contribution >= 4 is 11.7 Å². The maximum absolute atomic E-state index is 10.4. The van der Waals surface area contributed by atoms with Crippen molar-refractivity contribution in [3.05, 3.63) is 23.8 Å². The van der Waals surface area contributed by atoms with Crippen LogP contribution in [0.1, 0.15) is 6.42 Å². The molecule has 0 saturated carbocycles. The monoisotopic (exact) mass is 153 g/mol. The molecule has 0 aliphatic heterocycles. The predicted molar refractivity (Wildman–Crippen MR) is 38.7 cm³/mol. The molecule has 0 amide bonds. The topological polar surface area (TPSA) is 69.9 Å². The second-order valence-corrected chi connectivity index (χ2v) is 2.12. The number of allylic oxidation sites excluding steroid dienone is 3. The molecule has 58 valence electrons. The summed E-state index contributed by atoms with van der Waals surface area (Å²) in [6.45, 7) is 0. The Morgan fingerprint density at radius 2 is 2.36 bits per heavy atom. The zero-order valence-electron chi connectivity index (χ0n) is 5.69. The summed E-state index contributed by atoms with van der Waals surface area (Å²) in [7, 11) is 0. The standard InChI is InChI=1S/C7H7NO3/c9-7(10)5-2-1-3-6(4-5)8-11/h1-3,11H,4H2,(H,9,10). The van der Waals surface area contributed by atoms with Crippen molar-refractivity contribution in [1.82, 2.24) is 0 Å². The van der Waals surface area contributed by atoms with E-state index in [0.717, 1.165) is 0 Å². The molecule has 0 aromatic heterocycles. The molecule has 0 radical (unpaired) electrons. The van der Waals surface area contributed by atoms with Crippen LogP contribution in [0.5, 0.6) is 0 Å². The summed E-state index contributed by atoms with van der Waals surface area (Å²) in [6.07, 6.45) is 4.77. The molecule has 0 spiro atoms. The maximum atomic E-state index is 10.4. The Kier molecular flexibility index (Phi) is 2.06. The normalized spacial score (nSPS) is 20.0. The molecule has 4 nitrogen and oxygen atoms in total. The van der Waals surface area contributed by atoms with E-state index in [-0.39, 0.29) is 12.0 Å². The van der Waals surface area contributed by atoms with E-state index in [4.69, 9.17) is 10.3 Å². The summed E-state index contributed by atoms with van der Waals surface area (Å²) >= 11 is 0. The molecule has 1 aliphatic carbocycles. The fourth-order valence-corrected chi connectivity index (χ4v) is 0.804. The van der Waals surface area contributed by atoms with E-state index in [9.17, 15) is 4.79 Å². The number of carboxylic acid groups (broad SMARTS) is 1. The van der Waals surface area contributed by atoms with Crippen molar-refractivity contribution in [3.63, 3.8) is 0 Å². The molecule has 0 fully saturated rings. The van der Waals surface area contributed by atoms with Crippen molar-refractivity contribution < 1.29 is 15.1 Å². The van der Waals surface area contributed by atoms with Crippen molar-refractivity contribution in [2.45, 2.75) is 6.42 Å². The number of hydrogen-bond donors (Lipinski definition) is 2. The first-order valence-corrected chi connectivity index (χ1v) is 3.05. The minimum Gasteiger partial charge on any atom is -0.478 e. The number of aliphatic carboxylic acids is 1. The van der Waals surface area contributed by atoms with Gasteiger partial charge >= 0.3 is 5.97 Å². The molecule has 0 heterocycles. The smallest absolute Gasteiger partial charge is 0.331 e. The van der Waals surface area contributed by atoms with E-state index in [0.29, 0.717) is 5.71 Å². The van der Waals surface area contributed by atoms with Gasteiger partial charge in [0.05, 0.1) is 5.71 Å². The van der Waals surface area contributed by atoms with Gasteiger partial charge in [0.25, 0.3) is 0 Å². The lowest BCUT2D eigenvalue weighted by molar-refractivity contribution is -0.132. The minimum absolute atomic E-state index is 0.183. The fourth-order valence-electron chi connectivity index (χ4n) is 0.804. The minimum atomic E-state index is -0.976. The zero-order chi connectivity index (χ0) is 8.27. The number of rotatable bonds is 1. The Labute approximate surface area is 63.1 Å². The average Bonchev–Trinajstić information content (AvgIpc) is 2.05. The number of carbonyl (C=O) groups is 1. The first kappa shape index (κ1) is 7.53. The molecule has 0 aromatic carbocycles. The van der Waals surface area contributed by atoms with Crippen molar-refractivity contribution in [3.8, 4) is 0 Å². The second kappa shape index (κ2) is 3.01. The highest BCUT2D eigenvalue weighted by molar-refractivity contribution is 6.04. The molecule has 0 aromatic rings. The Hall–Kier alpha value is -1.58. The Balaban J connectivity index is 2.81. The molecule has 4 heteroatoms. The molecule has 0 saturated heterocycles. The largest absolute Gasteiger partial charge is 0.478 e. The summed E-state index contributed by atoms with van der Waals surface area (Å²) in [4.78, 5) is 10.4. The van der Waals surface area contributed by atoms with Gasteiger partial charge in [0.1, 0.15) is 0 Å². The van der Waals surface area contributed by atoms with Gasteiger partial charge in [-0.2, -0.15) is 0 Å².